The van der Waals surface area contributed by atoms with Gasteiger partial charge >= 0.3 is 0 Å². The van der Waals surface area contributed by atoms with Crippen molar-refractivity contribution in [2.24, 2.45) is 11.8 Å². The molecule has 0 spiro atoms. The zero-order chi connectivity index (χ0) is 9.19. The number of hydrogen-bond donors (Lipinski definition) is 0. The molecule has 0 aliphatic heterocycles. The normalized spacial score (nSPS) is 37.2. The van der Waals surface area contributed by atoms with E-state index in [9.17, 15) is 8.78 Å². The van der Waals surface area contributed by atoms with Crippen molar-refractivity contribution in [2.45, 2.75) is 45.2 Å². The van der Waals surface area contributed by atoms with Crippen molar-refractivity contribution in [1.29, 1.82) is 0 Å². The van der Waals surface area contributed by atoms with Crippen molar-refractivity contribution < 1.29 is 8.78 Å². The standard InChI is InChI=1S/C10H18F2/c1-8(2)9-3-5-10(12,7-11)6-4-9/h8-9H,3-7H2,1-2H3. The van der Waals surface area contributed by atoms with Crippen LogP contribution in [0.5, 0.6) is 0 Å². The summed E-state index contributed by atoms with van der Waals surface area (Å²) in [6.07, 6.45) is 2.56. The van der Waals surface area contributed by atoms with Crippen molar-refractivity contribution >= 4 is 0 Å². The topological polar surface area (TPSA) is 0 Å². The molecule has 1 fully saturated rings. The van der Waals surface area contributed by atoms with Gasteiger partial charge in [-0.2, -0.15) is 0 Å². The van der Waals surface area contributed by atoms with Crippen LogP contribution in [0.3, 0.4) is 0 Å². The monoisotopic (exact) mass is 176 g/mol. The zero-order valence-electron chi connectivity index (χ0n) is 7.95. The van der Waals surface area contributed by atoms with Crippen LogP contribution < -0.4 is 0 Å². The minimum absolute atomic E-state index is 0.423. The second-order valence-electron chi connectivity index (χ2n) is 4.37. The summed E-state index contributed by atoms with van der Waals surface area (Å²) in [6.45, 7) is 3.52. The fourth-order valence-electron chi connectivity index (χ4n) is 1.96. The molecule has 0 radical (unpaired) electrons. The SMILES string of the molecule is CC(C)C1CCC(F)(CF)CC1. The first-order chi connectivity index (χ1) is 5.57. The van der Waals surface area contributed by atoms with Crippen LogP contribution in [0.2, 0.25) is 0 Å². The largest absolute Gasteiger partial charge is 0.248 e. The Morgan fingerprint density at radius 2 is 1.83 bits per heavy atom. The minimum Gasteiger partial charge on any atom is -0.248 e. The Morgan fingerprint density at radius 3 is 2.17 bits per heavy atom. The average molecular weight is 176 g/mol. The number of hydrogen-bond acceptors (Lipinski definition) is 0. The Balaban J connectivity index is 2.39. The summed E-state index contributed by atoms with van der Waals surface area (Å²) in [4.78, 5) is 0. The Bertz CT molecular complexity index is 135. The molecule has 0 aromatic carbocycles. The van der Waals surface area contributed by atoms with Gasteiger partial charge in [-0.05, 0) is 37.5 Å². The molecule has 0 unspecified atom stereocenters. The lowest BCUT2D eigenvalue weighted by molar-refractivity contribution is 0.0468. The maximum absolute atomic E-state index is 13.4. The van der Waals surface area contributed by atoms with Crippen molar-refractivity contribution in [3.05, 3.63) is 0 Å². The van der Waals surface area contributed by atoms with Crippen LogP contribution in [0.1, 0.15) is 39.5 Å². The van der Waals surface area contributed by atoms with Crippen LogP contribution in [-0.2, 0) is 0 Å². The lowest BCUT2D eigenvalue weighted by Crippen LogP contribution is -2.32. The number of rotatable bonds is 2. The van der Waals surface area contributed by atoms with E-state index in [1.165, 1.54) is 0 Å². The van der Waals surface area contributed by atoms with Crippen LogP contribution >= 0.6 is 0 Å². The maximum Gasteiger partial charge on any atom is 0.139 e. The second kappa shape index (κ2) is 3.71. The van der Waals surface area contributed by atoms with E-state index < -0.39 is 12.3 Å². The van der Waals surface area contributed by atoms with Gasteiger partial charge in [-0.3, -0.25) is 0 Å². The van der Waals surface area contributed by atoms with Gasteiger partial charge in [0.15, 0.2) is 0 Å². The molecule has 72 valence electrons. The smallest absolute Gasteiger partial charge is 0.139 e. The molecule has 12 heavy (non-hydrogen) atoms. The molecule has 0 nitrogen and oxygen atoms in total. The van der Waals surface area contributed by atoms with Gasteiger partial charge in [0.1, 0.15) is 12.3 Å². The summed E-state index contributed by atoms with van der Waals surface area (Å²) >= 11 is 0. The molecule has 0 aromatic rings. The van der Waals surface area contributed by atoms with Crippen molar-refractivity contribution in [3.8, 4) is 0 Å². The first-order valence-corrected chi connectivity index (χ1v) is 4.82. The van der Waals surface area contributed by atoms with E-state index in [4.69, 9.17) is 0 Å². The molecule has 0 amide bonds. The molecule has 0 atom stereocenters. The molecular formula is C10H18F2. The van der Waals surface area contributed by atoms with Crippen molar-refractivity contribution in [2.75, 3.05) is 6.67 Å². The summed E-state index contributed by atoms with van der Waals surface area (Å²) in [6, 6.07) is 0. The van der Waals surface area contributed by atoms with Crippen LogP contribution in [0.15, 0.2) is 0 Å². The van der Waals surface area contributed by atoms with Crippen LogP contribution in [0.4, 0.5) is 8.78 Å². The summed E-state index contributed by atoms with van der Waals surface area (Å²) < 4.78 is 25.6. The van der Waals surface area contributed by atoms with E-state index in [1.807, 2.05) is 0 Å². The van der Waals surface area contributed by atoms with E-state index in [-0.39, 0.29) is 0 Å². The highest BCUT2D eigenvalue weighted by Crippen LogP contribution is 2.38. The average Bonchev–Trinajstić information content (AvgIpc) is 2.05. The first kappa shape index (κ1) is 9.94. The van der Waals surface area contributed by atoms with Crippen molar-refractivity contribution in [3.63, 3.8) is 0 Å². The third-order valence-corrected chi connectivity index (χ3v) is 3.11. The number of alkyl halides is 2. The Morgan fingerprint density at radius 1 is 1.33 bits per heavy atom. The molecule has 0 N–H and O–H groups in total. The molecule has 0 aromatic heterocycles. The van der Waals surface area contributed by atoms with E-state index in [0.29, 0.717) is 24.7 Å². The molecule has 0 heterocycles. The molecule has 2 heteroatoms. The van der Waals surface area contributed by atoms with Crippen LogP contribution in [-0.4, -0.2) is 12.3 Å². The third-order valence-electron chi connectivity index (χ3n) is 3.11. The van der Waals surface area contributed by atoms with Gasteiger partial charge in [0, 0.05) is 0 Å². The fraction of sp³-hybridized carbons (Fsp3) is 1.00. The van der Waals surface area contributed by atoms with Gasteiger partial charge in [-0.1, -0.05) is 13.8 Å². The zero-order valence-corrected chi connectivity index (χ0v) is 7.95. The van der Waals surface area contributed by atoms with E-state index >= 15 is 0 Å². The van der Waals surface area contributed by atoms with Gasteiger partial charge in [0.05, 0.1) is 0 Å². The molecule has 1 aliphatic carbocycles. The van der Waals surface area contributed by atoms with E-state index in [1.54, 1.807) is 0 Å². The van der Waals surface area contributed by atoms with Gasteiger partial charge in [0.25, 0.3) is 0 Å². The maximum atomic E-state index is 13.4. The summed E-state index contributed by atoms with van der Waals surface area (Å²) in [7, 11) is 0. The Labute approximate surface area is 73.3 Å². The van der Waals surface area contributed by atoms with Gasteiger partial charge in [0.2, 0.25) is 0 Å². The number of halogens is 2. The van der Waals surface area contributed by atoms with Crippen LogP contribution in [0, 0.1) is 11.8 Å². The van der Waals surface area contributed by atoms with Gasteiger partial charge in [-0.15, -0.1) is 0 Å². The third kappa shape index (κ3) is 2.18. The lowest BCUT2D eigenvalue weighted by atomic mass is 9.76. The van der Waals surface area contributed by atoms with Crippen molar-refractivity contribution in [1.82, 2.24) is 0 Å². The van der Waals surface area contributed by atoms with E-state index in [2.05, 4.69) is 13.8 Å². The fourth-order valence-corrected chi connectivity index (χ4v) is 1.96. The molecule has 1 rings (SSSR count). The second-order valence-corrected chi connectivity index (χ2v) is 4.37. The Hall–Kier alpha value is -0.140. The lowest BCUT2D eigenvalue weighted by Gasteiger charge is -2.33. The minimum atomic E-state index is -1.48. The quantitative estimate of drug-likeness (QED) is 0.604. The summed E-state index contributed by atoms with van der Waals surface area (Å²) in [5, 5.41) is 0. The molecular weight excluding hydrogens is 158 g/mol. The predicted octanol–water partition coefficient (Wildman–Crippen LogP) is 3.51. The summed E-state index contributed by atoms with van der Waals surface area (Å²) in [5.41, 5.74) is -1.48. The highest BCUT2D eigenvalue weighted by molar-refractivity contribution is 4.86. The summed E-state index contributed by atoms with van der Waals surface area (Å²) in [5.74, 6) is 1.23. The predicted molar refractivity (Wildman–Crippen MR) is 46.6 cm³/mol. The molecule has 0 bridgehead atoms. The van der Waals surface area contributed by atoms with Crippen LogP contribution in [0.25, 0.3) is 0 Å². The highest BCUT2D eigenvalue weighted by Gasteiger charge is 2.35. The molecule has 1 aliphatic rings. The van der Waals surface area contributed by atoms with Gasteiger partial charge < -0.3 is 0 Å². The van der Waals surface area contributed by atoms with E-state index in [0.717, 1.165) is 12.8 Å². The molecule has 1 saturated carbocycles. The first-order valence-electron chi connectivity index (χ1n) is 4.82. The van der Waals surface area contributed by atoms with Gasteiger partial charge in [-0.25, -0.2) is 8.78 Å². The Kier molecular flexibility index (Phi) is 3.08. The molecule has 0 saturated heterocycles. The highest BCUT2D eigenvalue weighted by atomic mass is 19.2.